The summed E-state index contributed by atoms with van der Waals surface area (Å²) in [5, 5.41) is 10.0. The van der Waals surface area contributed by atoms with Gasteiger partial charge < -0.3 is 20.2 Å². The molecule has 0 fully saturated rings. The molecule has 4 N–H and O–H groups in total. The molecule has 1 amide bonds. The lowest BCUT2D eigenvalue weighted by Crippen LogP contribution is -2.23. The Morgan fingerprint density at radius 3 is 3.11 bits per heavy atom. The van der Waals surface area contributed by atoms with Crippen molar-refractivity contribution < 1.29 is 13.9 Å². The van der Waals surface area contributed by atoms with Gasteiger partial charge in [0.1, 0.15) is 18.1 Å². The molecule has 7 heteroatoms. The molecule has 0 aliphatic rings. The number of furan rings is 1. The molecule has 0 radical (unpaired) electrons. The minimum Gasteiger partial charge on any atom is -0.460 e. The lowest BCUT2D eigenvalue weighted by molar-refractivity contribution is 0.157. The third-order valence-electron chi connectivity index (χ3n) is 2.54. The smallest absolute Gasteiger partial charge is 0.404 e. The molecule has 0 spiro atoms. The highest BCUT2D eigenvalue weighted by Crippen LogP contribution is 2.22. The molecular weight excluding hydrogens is 248 g/mol. The zero-order valence-corrected chi connectivity index (χ0v) is 10.6. The first-order valence-corrected chi connectivity index (χ1v) is 5.89. The van der Waals surface area contributed by atoms with Crippen molar-refractivity contribution in [2.45, 2.75) is 13.5 Å². The predicted octanol–water partition coefficient (Wildman–Crippen LogP) is 1.16. The Labute approximate surface area is 110 Å². The van der Waals surface area contributed by atoms with Gasteiger partial charge in [-0.3, -0.25) is 5.10 Å². The quantitative estimate of drug-likeness (QED) is 0.679. The molecule has 7 nitrogen and oxygen atoms in total. The molecule has 0 saturated carbocycles. The van der Waals surface area contributed by atoms with Gasteiger partial charge in [-0.2, -0.15) is 5.10 Å². The van der Waals surface area contributed by atoms with Crippen molar-refractivity contribution in [3.05, 3.63) is 29.7 Å². The number of rotatable bonds is 6. The summed E-state index contributed by atoms with van der Waals surface area (Å²) >= 11 is 0. The number of nitrogens with zero attached hydrogens (tertiary/aromatic N) is 1. The van der Waals surface area contributed by atoms with E-state index in [1.807, 2.05) is 19.1 Å². The van der Waals surface area contributed by atoms with Crippen LogP contribution in [0.4, 0.5) is 4.79 Å². The average Bonchev–Trinajstić information content (AvgIpc) is 2.96. The van der Waals surface area contributed by atoms with E-state index >= 15 is 0 Å². The number of ether oxygens (including phenoxy) is 1. The van der Waals surface area contributed by atoms with Crippen LogP contribution < -0.4 is 11.1 Å². The highest BCUT2D eigenvalue weighted by Gasteiger charge is 2.10. The van der Waals surface area contributed by atoms with Crippen LogP contribution in [-0.4, -0.2) is 29.4 Å². The van der Waals surface area contributed by atoms with Gasteiger partial charge >= 0.3 is 6.09 Å². The minimum atomic E-state index is -0.767. The Kier molecular flexibility index (Phi) is 4.19. The molecule has 0 saturated heterocycles. The van der Waals surface area contributed by atoms with Crippen LogP contribution in [0.1, 0.15) is 11.3 Å². The van der Waals surface area contributed by atoms with Crippen LogP contribution in [0.2, 0.25) is 0 Å². The van der Waals surface area contributed by atoms with Gasteiger partial charge in [0.2, 0.25) is 0 Å². The zero-order chi connectivity index (χ0) is 13.7. The number of nitrogens with two attached hydrogens (primary N) is 1. The van der Waals surface area contributed by atoms with Gasteiger partial charge in [0.15, 0.2) is 5.76 Å². The third-order valence-corrected chi connectivity index (χ3v) is 2.54. The van der Waals surface area contributed by atoms with E-state index in [0.717, 1.165) is 22.8 Å². The summed E-state index contributed by atoms with van der Waals surface area (Å²) < 4.78 is 10.2. The van der Waals surface area contributed by atoms with E-state index in [9.17, 15) is 4.79 Å². The van der Waals surface area contributed by atoms with Crippen LogP contribution in [0.5, 0.6) is 0 Å². The minimum absolute atomic E-state index is 0.238. The zero-order valence-electron chi connectivity index (χ0n) is 10.6. The predicted molar refractivity (Wildman–Crippen MR) is 68.3 cm³/mol. The summed E-state index contributed by atoms with van der Waals surface area (Å²) in [5.41, 5.74) is 6.68. The molecule has 19 heavy (non-hydrogen) atoms. The Bertz CT molecular complexity index is 547. The van der Waals surface area contributed by atoms with E-state index in [1.54, 1.807) is 6.20 Å². The monoisotopic (exact) mass is 264 g/mol. The fraction of sp³-hybridized carbons (Fsp3) is 0.333. The number of aromatic nitrogens is 2. The SMILES string of the molecule is Cc1ccc(-c2[nH]ncc2CNCCOC(N)=O)o1. The lowest BCUT2D eigenvalue weighted by atomic mass is 10.2. The van der Waals surface area contributed by atoms with Crippen molar-refractivity contribution in [3.8, 4) is 11.5 Å². The first kappa shape index (κ1) is 13.2. The van der Waals surface area contributed by atoms with Crippen molar-refractivity contribution >= 4 is 6.09 Å². The number of hydrogen-bond donors (Lipinski definition) is 3. The maximum absolute atomic E-state index is 10.4. The second-order valence-electron chi connectivity index (χ2n) is 4.02. The fourth-order valence-electron chi connectivity index (χ4n) is 1.67. The van der Waals surface area contributed by atoms with Crippen molar-refractivity contribution in [2.24, 2.45) is 5.73 Å². The van der Waals surface area contributed by atoms with Crippen LogP contribution >= 0.6 is 0 Å². The molecule has 2 rings (SSSR count). The van der Waals surface area contributed by atoms with Gasteiger partial charge in [0.25, 0.3) is 0 Å². The highest BCUT2D eigenvalue weighted by atomic mass is 16.5. The Balaban J connectivity index is 1.88. The number of H-pyrrole nitrogens is 1. The summed E-state index contributed by atoms with van der Waals surface area (Å²) in [6.45, 7) is 3.24. The first-order valence-electron chi connectivity index (χ1n) is 5.89. The number of primary amides is 1. The van der Waals surface area contributed by atoms with Gasteiger partial charge in [0.05, 0.1) is 6.20 Å². The summed E-state index contributed by atoms with van der Waals surface area (Å²) in [7, 11) is 0. The van der Waals surface area contributed by atoms with Crippen molar-refractivity contribution in [1.82, 2.24) is 15.5 Å². The summed E-state index contributed by atoms with van der Waals surface area (Å²) in [6, 6.07) is 3.79. The standard InChI is InChI=1S/C12H16N4O3/c1-8-2-3-10(19-8)11-9(7-15-16-11)6-14-4-5-18-12(13)17/h2-3,7,14H,4-6H2,1H3,(H2,13,17)(H,15,16). The van der Waals surface area contributed by atoms with Gasteiger partial charge in [-0.25, -0.2) is 4.79 Å². The van der Waals surface area contributed by atoms with Crippen LogP contribution in [-0.2, 0) is 11.3 Å². The molecule has 2 aromatic heterocycles. The maximum atomic E-state index is 10.4. The number of nitrogens with one attached hydrogen (secondary N) is 2. The van der Waals surface area contributed by atoms with Crippen molar-refractivity contribution in [1.29, 1.82) is 0 Å². The number of hydrogen-bond acceptors (Lipinski definition) is 5. The first-order chi connectivity index (χ1) is 9.16. The molecule has 0 aliphatic carbocycles. The van der Waals surface area contributed by atoms with Crippen LogP contribution in [0.15, 0.2) is 22.7 Å². The van der Waals surface area contributed by atoms with Gasteiger partial charge in [-0.05, 0) is 19.1 Å². The average molecular weight is 264 g/mol. The van der Waals surface area contributed by atoms with E-state index in [2.05, 4.69) is 20.3 Å². The summed E-state index contributed by atoms with van der Waals surface area (Å²) in [5.74, 6) is 1.60. The Morgan fingerprint density at radius 2 is 2.42 bits per heavy atom. The van der Waals surface area contributed by atoms with E-state index in [0.29, 0.717) is 13.1 Å². The van der Waals surface area contributed by atoms with Gasteiger partial charge in [-0.15, -0.1) is 0 Å². The normalized spacial score (nSPS) is 10.6. The Hall–Kier alpha value is -2.28. The number of carbonyl (C=O) groups is 1. The second-order valence-corrected chi connectivity index (χ2v) is 4.02. The molecule has 0 unspecified atom stereocenters. The topological polar surface area (TPSA) is 106 Å². The van der Waals surface area contributed by atoms with Crippen LogP contribution in [0.25, 0.3) is 11.5 Å². The number of aryl methyl sites for hydroxylation is 1. The second kappa shape index (κ2) is 6.05. The molecule has 102 valence electrons. The number of amides is 1. The van der Waals surface area contributed by atoms with Crippen molar-refractivity contribution in [2.75, 3.05) is 13.2 Å². The van der Waals surface area contributed by atoms with E-state index in [4.69, 9.17) is 10.2 Å². The molecule has 2 aromatic rings. The molecule has 0 aromatic carbocycles. The van der Waals surface area contributed by atoms with Gasteiger partial charge in [0, 0.05) is 18.7 Å². The fourth-order valence-corrected chi connectivity index (χ4v) is 1.67. The summed E-state index contributed by atoms with van der Waals surface area (Å²) in [6.07, 6.45) is 0.964. The largest absolute Gasteiger partial charge is 0.460 e. The molecule has 0 aliphatic heterocycles. The molecule has 0 bridgehead atoms. The van der Waals surface area contributed by atoms with Crippen molar-refractivity contribution in [3.63, 3.8) is 0 Å². The van der Waals surface area contributed by atoms with Crippen LogP contribution in [0, 0.1) is 6.92 Å². The molecule has 2 heterocycles. The lowest BCUT2D eigenvalue weighted by Gasteiger charge is -2.04. The maximum Gasteiger partial charge on any atom is 0.404 e. The van der Waals surface area contributed by atoms with E-state index < -0.39 is 6.09 Å². The van der Waals surface area contributed by atoms with Crippen LogP contribution in [0.3, 0.4) is 0 Å². The molecule has 0 atom stereocenters. The summed E-state index contributed by atoms with van der Waals surface area (Å²) in [4.78, 5) is 10.4. The Morgan fingerprint density at radius 1 is 1.58 bits per heavy atom. The number of carbonyl (C=O) groups excluding carboxylic acids is 1. The third kappa shape index (κ3) is 3.59. The highest BCUT2D eigenvalue weighted by molar-refractivity contribution is 5.64. The number of aromatic amines is 1. The molecular formula is C12H16N4O3. The van der Waals surface area contributed by atoms with E-state index in [1.165, 1.54) is 0 Å². The van der Waals surface area contributed by atoms with E-state index in [-0.39, 0.29) is 6.61 Å². The van der Waals surface area contributed by atoms with Gasteiger partial charge in [-0.1, -0.05) is 0 Å².